The smallest absolute Gasteiger partial charge is 0.301 e. The molecule has 1 aromatic carbocycles. The largest absolute Gasteiger partial charge is 0.507 e. The summed E-state index contributed by atoms with van der Waals surface area (Å²) >= 11 is 1.27. The molecule has 0 bridgehead atoms. The lowest BCUT2D eigenvalue weighted by Crippen LogP contribution is -2.29. The van der Waals surface area contributed by atoms with Crippen molar-refractivity contribution in [2.75, 3.05) is 4.90 Å². The van der Waals surface area contributed by atoms with Gasteiger partial charge in [0.1, 0.15) is 5.76 Å². The van der Waals surface area contributed by atoms with E-state index in [0.29, 0.717) is 10.7 Å². The fraction of sp³-hybridized carbons (Fsp3) is 0.143. The maximum Gasteiger partial charge on any atom is 0.301 e. The molecule has 0 aliphatic carbocycles. The molecule has 3 heterocycles. The number of hydrogen-bond acceptors (Lipinski definition) is 6. The first kappa shape index (κ1) is 18.1. The Hall–Kier alpha value is -3.32. The monoisotopic (exact) mass is 391 g/mol. The second-order valence-electron chi connectivity index (χ2n) is 6.31. The van der Waals surface area contributed by atoms with Gasteiger partial charge < -0.3 is 5.11 Å². The molecule has 4 rings (SSSR count). The molecule has 6 nitrogen and oxygen atoms in total. The maximum atomic E-state index is 12.9. The zero-order valence-corrected chi connectivity index (χ0v) is 15.9. The Balaban J connectivity index is 1.92. The van der Waals surface area contributed by atoms with E-state index in [2.05, 4.69) is 16.9 Å². The molecular weight excluding hydrogens is 374 g/mol. The van der Waals surface area contributed by atoms with Gasteiger partial charge in [0.15, 0.2) is 5.13 Å². The molecule has 0 radical (unpaired) electrons. The number of aliphatic hydroxyl groups is 1. The first-order valence-electron chi connectivity index (χ1n) is 8.81. The topological polar surface area (TPSA) is 83.4 Å². The van der Waals surface area contributed by atoms with Crippen molar-refractivity contribution in [3.8, 4) is 0 Å². The third kappa shape index (κ3) is 2.99. The third-order valence-electron chi connectivity index (χ3n) is 4.73. The second-order valence-corrected chi connectivity index (χ2v) is 7.19. The van der Waals surface area contributed by atoms with Gasteiger partial charge >= 0.3 is 5.91 Å². The van der Waals surface area contributed by atoms with Gasteiger partial charge in [0.05, 0.1) is 11.6 Å². The highest BCUT2D eigenvalue weighted by molar-refractivity contribution is 7.14. The predicted octanol–water partition coefficient (Wildman–Crippen LogP) is 3.73. The summed E-state index contributed by atoms with van der Waals surface area (Å²) in [5.74, 6) is -1.64. The van der Waals surface area contributed by atoms with E-state index in [0.717, 1.165) is 17.5 Å². The van der Waals surface area contributed by atoms with E-state index in [1.807, 2.05) is 24.3 Å². The number of ketones is 1. The molecule has 1 N–H and O–H groups in total. The minimum absolute atomic E-state index is 0.0515. The Morgan fingerprint density at radius 3 is 2.43 bits per heavy atom. The summed E-state index contributed by atoms with van der Waals surface area (Å²) in [7, 11) is 0. The lowest BCUT2D eigenvalue weighted by molar-refractivity contribution is -0.132. The Labute approximate surface area is 165 Å². The van der Waals surface area contributed by atoms with Gasteiger partial charge in [-0.25, -0.2) is 4.98 Å². The van der Waals surface area contributed by atoms with Crippen LogP contribution in [-0.4, -0.2) is 26.8 Å². The number of Topliss-reactive ketones (excluding diaryl/α,β-unsaturated/α-hetero) is 1. The Morgan fingerprint density at radius 1 is 1.11 bits per heavy atom. The molecule has 2 aromatic heterocycles. The van der Waals surface area contributed by atoms with E-state index in [1.165, 1.54) is 28.6 Å². The standard InChI is InChI=1S/C21H17N3O3S/c1-2-13-3-5-14(6-4-13)17-16(18(25)15-7-9-22-10-8-15)19(26)20(27)24(17)21-23-11-12-28-21/h3-12,17,25H,2H2,1H3. The molecule has 1 aliphatic rings. The molecule has 0 spiro atoms. The summed E-state index contributed by atoms with van der Waals surface area (Å²) in [5, 5.41) is 13.1. The highest BCUT2D eigenvalue weighted by atomic mass is 32.1. The number of benzene rings is 1. The van der Waals surface area contributed by atoms with Crippen LogP contribution in [0.5, 0.6) is 0 Å². The molecule has 1 fully saturated rings. The van der Waals surface area contributed by atoms with Crippen LogP contribution in [0.3, 0.4) is 0 Å². The number of rotatable bonds is 4. The normalized spacial score (nSPS) is 18.6. The number of anilines is 1. The molecule has 1 unspecified atom stereocenters. The molecular formula is C21H17N3O3S. The number of amides is 1. The van der Waals surface area contributed by atoms with Crippen LogP contribution in [0.25, 0.3) is 5.76 Å². The van der Waals surface area contributed by atoms with Gasteiger partial charge in [-0.05, 0) is 29.7 Å². The highest BCUT2D eigenvalue weighted by Gasteiger charge is 2.47. The van der Waals surface area contributed by atoms with Crippen molar-refractivity contribution in [3.63, 3.8) is 0 Å². The fourth-order valence-electron chi connectivity index (χ4n) is 3.28. The van der Waals surface area contributed by atoms with Gasteiger partial charge in [0.2, 0.25) is 0 Å². The number of carbonyl (C=O) groups is 2. The van der Waals surface area contributed by atoms with Gasteiger partial charge in [0, 0.05) is 29.5 Å². The first-order chi connectivity index (χ1) is 13.6. The predicted molar refractivity (Wildman–Crippen MR) is 107 cm³/mol. The van der Waals surface area contributed by atoms with Crippen molar-refractivity contribution in [1.29, 1.82) is 0 Å². The van der Waals surface area contributed by atoms with Crippen molar-refractivity contribution < 1.29 is 14.7 Å². The summed E-state index contributed by atoms with van der Waals surface area (Å²) in [6.07, 6.45) is 5.51. The summed E-state index contributed by atoms with van der Waals surface area (Å²) in [6.45, 7) is 2.06. The highest BCUT2D eigenvalue weighted by Crippen LogP contribution is 2.42. The van der Waals surface area contributed by atoms with Gasteiger partial charge in [-0.15, -0.1) is 11.3 Å². The first-order valence-corrected chi connectivity index (χ1v) is 9.69. The summed E-state index contributed by atoms with van der Waals surface area (Å²) in [6, 6.07) is 10.1. The quantitative estimate of drug-likeness (QED) is 0.416. The number of aliphatic hydroxyl groups excluding tert-OH is 1. The summed E-state index contributed by atoms with van der Waals surface area (Å²) < 4.78 is 0. The van der Waals surface area contributed by atoms with E-state index in [-0.39, 0.29) is 11.3 Å². The van der Waals surface area contributed by atoms with Crippen LogP contribution < -0.4 is 4.90 Å². The van der Waals surface area contributed by atoms with Crippen LogP contribution in [0.15, 0.2) is 65.9 Å². The van der Waals surface area contributed by atoms with E-state index in [1.54, 1.807) is 23.7 Å². The molecule has 140 valence electrons. The van der Waals surface area contributed by atoms with Crippen LogP contribution in [0.1, 0.15) is 29.7 Å². The van der Waals surface area contributed by atoms with Gasteiger partial charge in [-0.2, -0.15) is 0 Å². The zero-order valence-electron chi connectivity index (χ0n) is 15.1. The molecule has 28 heavy (non-hydrogen) atoms. The van der Waals surface area contributed by atoms with Crippen LogP contribution in [0.4, 0.5) is 5.13 Å². The number of aromatic nitrogens is 2. The number of hydrogen-bond donors (Lipinski definition) is 1. The number of pyridine rings is 1. The molecule has 1 amide bonds. The minimum atomic E-state index is -0.745. The number of carbonyl (C=O) groups excluding carboxylic acids is 2. The van der Waals surface area contributed by atoms with Gasteiger partial charge in [-0.3, -0.25) is 19.5 Å². The van der Waals surface area contributed by atoms with Crippen LogP contribution in [0.2, 0.25) is 0 Å². The van der Waals surface area contributed by atoms with Gasteiger partial charge in [-0.1, -0.05) is 31.2 Å². The van der Waals surface area contributed by atoms with Crippen molar-refractivity contribution >= 4 is 33.9 Å². The van der Waals surface area contributed by atoms with E-state index >= 15 is 0 Å². The van der Waals surface area contributed by atoms with Crippen LogP contribution in [0, 0.1) is 0 Å². The lowest BCUT2D eigenvalue weighted by atomic mass is 9.95. The Kier molecular flexibility index (Phi) is 4.75. The fourth-order valence-corrected chi connectivity index (χ4v) is 3.95. The van der Waals surface area contributed by atoms with Crippen molar-refractivity contribution in [2.45, 2.75) is 19.4 Å². The second kappa shape index (κ2) is 7.36. The summed E-state index contributed by atoms with van der Waals surface area (Å²) in [5.41, 5.74) is 2.37. The Bertz CT molecular complexity index is 1040. The van der Waals surface area contributed by atoms with Crippen LogP contribution >= 0.6 is 11.3 Å². The molecule has 0 saturated carbocycles. The lowest BCUT2D eigenvalue weighted by Gasteiger charge is -2.23. The number of aryl methyl sites for hydroxylation is 1. The number of nitrogens with zero attached hydrogens (tertiary/aromatic N) is 3. The minimum Gasteiger partial charge on any atom is -0.507 e. The van der Waals surface area contributed by atoms with Crippen molar-refractivity contribution in [2.24, 2.45) is 0 Å². The third-order valence-corrected chi connectivity index (χ3v) is 5.50. The van der Waals surface area contributed by atoms with Gasteiger partial charge in [0.25, 0.3) is 5.78 Å². The average Bonchev–Trinajstić information content (AvgIpc) is 3.35. The van der Waals surface area contributed by atoms with Crippen molar-refractivity contribution in [1.82, 2.24) is 9.97 Å². The van der Waals surface area contributed by atoms with Crippen molar-refractivity contribution in [3.05, 3.63) is 82.6 Å². The number of thiazole rings is 1. The maximum absolute atomic E-state index is 12.9. The molecule has 1 saturated heterocycles. The molecule has 7 heteroatoms. The summed E-state index contributed by atoms with van der Waals surface area (Å²) in [4.78, 5) is 35.2. The zero-order chi connectivity index (χ0) is 19.7. The van der Waals surface area contributed by atoms with E-state index in [9.17, 15) is 14.7 Å². The average molecular weight is 391 g/mol. The molecule has 3 aromatic rings. The SMILES string of the molecule is CCc1ccc(C2C(=C(O)c3ccncc3)C(=O)C(=O)N2c2nccs2)cc1. The molecule has 1 aliphatic heterocycles. The van der Waals surface area contributed by atoms with Crippen LogP contribution in [-0.2, 0) is 16.0 Å². The Morgan fingerprint density at radius 2 is 1.82 bits per heavy atom. The van der Waals surface area contributed by atoms with E-state index < -0.39 is 17.7 Å². The molecule has 1 atom stereocenters. The van der Waals surface area contributed by atoms with E-state index in [4.69, 9.17) is 0 Å².